The molecule has 1 heterocycles. The lowest BCUT2D eigenvalue weighted by Crippen LogP contribution is -2.29. The van der Waals surface area contributed by atoms with E-state index in [1.54, 1.807) is 0 Å². The molecule has 2 heteroatoms. The van der Waals surface area contributed by atoms with E-state index in [0.29, 0.717) is 12.0 Å². The standard InChI is InChI=1S/C15H24N2/c1-11(2)17-10-12(3)14-7-6-13(5-4-8-16)9-15(14)17/h6-7,9,11-12H,4-5,8,10,16H2,1-3H3. The molecule has 1 atom stereocenters. The van der Waals surface area contributed by atoms with Gasteiger partial charge >= 0.3 is 0 Å². The molecule has 0 radical (unpaired) electrons. The molecule has 1 aliphatic heterocycles. The van der Waals surface area contributed by atoms with Crippen molar-refractivity contribution in [1.29, 1.82) is 0 Å². The minimum absolute atomic E-state index is 0.587. The lowest BCUT2D eigenvalue weighted by Gasteiger charge is -2.24. The Bertz CT molecular complexity index is 385. The Hall–Kier alpha value is -1.02. The van der Waals surface area contributed by atoms with Crippen LogP contribution in [0.15, 0.2) is 18.2 Å². The van der Waals surface area contributed by atoms with Crippen molar-refractivity contribution in [3.63, 3.8) is 0 Å². The van der Waals surface area contributed by atoms with Gasteiger partial charge in [0.05, 0.1) is 0 Å². The van der Waals surface area contributed by atoms with Gasteiger partial charge in [0.25, 0.3) is 0 Å². The van der Waals surface area contributed by atoms with E-state index in [0.717, 1.165) is 25.9 Å². The molecule has 2 nitrogen and oxygen atoms in total. The van der Waals surface area contributed by atoms with E-state index in [1.807, 2.05) is 0 Å². The molecule has 1 aromatic rings. The number of benzene rings is 1. The lowest BCUT2D eigenvalue weighted by atomic mass is 10.0. The maximum atomic E-state index is 5.58. The molecule has 0 aromatic heterocycles. The summed E-state index contributed by atoms with van der Waals surface area (Å²) in [6.45, 7) is 8.80. The molecular weight excluding hydrogens is 208 g/mol. The summed E-state index contributed by atoms with van der Waals surface area (Å²) in [6, 6.07) is 7.54. The van der Waals surface area contributed by atoms with Crippen molar-refractivity contribution >= 4 is 5.69 Å². The van der Waals surface area contributed by atoms with Gasteiger partial charge in [-0.15, -0.1) is 0 Å². The zero-order valence-electron chi connectivity index (χ0n) is 11.2. The summed E-state index contributed by atoms with van der Waals surface area (Å²) in [5.41, 5.74) is 9.96. The summed E-state index contributed by atoms with van der Waals surface area (Å²) in [4.78, 5) is 2.52. The number of fused-ring (bicyclic) bond motifs is 1. The SMILES string of the molecule is CC1CN(C(C)C)c2cc(CCCN)ccc21. The van der Waals surface area contributed by atoms with E-state index in [-0.39, 0.29) is 0 Å². The molecule has 94 valence electrons. The highest BCUT2D eigenvalue weighted by atomic mass is 15.2. The van der Waals surface area contributed by atoms with E-state index in [4.69, 9.17) is 5.73 Å². The van der Waals surface area contributed by atoms with Crippen LogP contribution >= 0.6 is 0 Å². The van der Waals surface area contributed by atoms with Gasteiger partial charge in [-0.05, 0) is 50.4 Å². The number of nitrogens with zero attached hydrogens (tertiary/aromatic N) is 1. The van der Waals surface area contributed by atoms with Crippen LogP contribution < -0.4 is 10.6 Å². The van der Waals surface area contributed by atoms with Crippen LogP contribution in [0.25, 0.3) is 0 Å². The number of rotatable bonds is 4. The fourth-order valence-corrected chi connectivity index (χ4v) is 2.70. The normalized spacial score (nSPS) is 18.9. The molecule has 2 N–H and O–H groups in total. The van der Waals surface area contributed by atoms with Gasteiger partial charge in [0.2, 0.25) is 0 Å². The quantitative estimate of drug-likeness (QED) is 0.865. The van der Waals surface area contributed by atoms with Crippen LogP contribution in [0.3, 0.4) is 0 Å². The molecule has 0 fully saturated rings. The average Bonchev–Trinajstić information content (AvgIpc) is 2.64. The van der Waals surface area contributed by atoms with Crippen LogP contribution in [-0.2, 0) is 6.42 Å². The van der Waals surface area contributed by atoms with Crippen molar-refractivity contribution in [3.05, 3.63) is 29.3 Å². The molecular formula is C15H24N2. The summed E-state index contributed by atoms with van der Waals surface area (Å²) < 4.78 is 0. The number of hydrogen-bond donors (Lipinski definition) is 1. The summed E-state index contributed by atoms with van der Waals surface area (Å²) in [5.74, 6) is 0.663. The van der Waals surface area contributed by atoms with Gasteiger partial charge in [-0.25, -0.2) is 0 Å². The van der Waals surface area contributed by atoms with E-state index in [9.17, 15) is 0 Å². The molecule has 1 aromatic carbocycles. The summed E-state index contributed by atoms with van der Waals surface area (Å²) in [5, 5.41) is 0. The first-order valence-electron chi connectivity index (χ1n) is 6.73. The van der Waals surface area contributed by atoms with E-state index in [2.05, 4.69) is 43.9 Å². The van der Waals surface area contributed by atoms with Crippen LogP contribution in [0.2, 0.25) is 0 Å². The van der Waals surface area contributed by atoms with E-state index < -0.39 is 0 Å². The second-order valence-electron chi connectivity index (χ2n) is 5.43. The Kier molecular flexibility index (Phi) is 3.72. The van der Waals surface area contributed by atoms with Gasteiger partial charge in [-0.2, -0.15) is 0 Å². The van der Waals surface area contributed by atoms with Gasteiger partial charge < -0.3 is 10.6 Å². The van der Waals surface area contributed by atoms with Crippen LogP contribution in [0.5, 0.6) is 0 Å². The fraction of sp³-hybridized carbons (Fsp3) is 0.600. The molecule has 0 saturated carbocycles. The smallest absolute Gasteiger partial charge is 0.0407 e. The molecule has 0 aliphatic carbocycles. The van der Waals surface area contributed by atoms with Crippen LogP contribution in [-0.4, -0.2) is 19.1 Å². The summed E-state index contributed by atoms with van der Waals surface area (Å²) >= 11 is 0. The van der Waals surface area contributed by atoms with Crippen molar-refractivity contribution in [2.75, 3.05) is 18.0 Å². The van der Waals surface area contributed by atoms with Crippen molar-refractivity contribution < 1.29 is 0 Å². The Labute approximate surface area is 105 Å². The zero-order valence-corrected chi connectivity index (χ0v) is 11.2. The molecule has 0 amide bonds. The molecule has 1 unspecified atom stereocenters. The predicted octanol–water partition coefficient (Wildman–Crippen LogP) is 2.91. The van der Waals surface area contributed by atoms with Gasteiger partial charge in [0.1, 0.15) is 0 Å². The van der Waals surface area contributed by atoms with Crippen LogP contribution in [0.1, 0.15) is 44.2 Å². The Morgan fingerprint density at radius 3 is 2.82 bits per heavy atom. The topological polar surface area (TPSA) is 29.3 Å². The Morgan fingerprint density at radius 1 is 1.41 bits per heavy atom. The third-order valence-corrected chi connectivity index (χ3v) is 3.70. The van der Waals surface area contributed by atoms with Crippen molar-refractivity contribution in [1.82, 2.24) is 0 Å². The molecule has 2 rings (SSSR count). The molecule has 1 aliphatic rings. The molecule has 0 bridgehead atoms. The van der Waals surface area contributed by atoms with Crippen molar-refractivity contribution in [2.24, 2.45) is 5.73 Å². The zero-order chi connectivity index (χ0) is 12.4. The third kappa shape index (κ3) is 2.47. The second kappa shape index (κ2) is 5.09. The second-order valence-corrected chi connectivity index (χ2v) is 5.43. The maximum Gasteiger partial charge on any atom is 0.0407 e. The lowest BCUT2D eigenvalue weighted by molar-refractivity contribution is 0.670. The first-order chi connectivity index (χ1) is 8.13. The van der Waals surface area contributed by atoms with Gasteiger partial charge in [-0.1, -0.05) is 19.1 Å². The largest absolute Gasteiger partial charge is 0.368 e. The highest BCUT2D eigenvalue weighted by molar-refractivity contribution is 5.62. The minimum atomic E-state index is 0.587. The average molecular weight is 232 g/mol. The number of anilines is 1. The number of hydrogen-bond acceptors (Lipinski definition) is 2. The van der Waals surface area contributed by atoms with Gasteiger partial charge in [0, 0.05) is 24.2 Å². The predicted molar refractivity (Wildman–Crippen MR) is 74.7 cm³/mol. The highest BCUT2D eigenvalue weighted by Crippen LogP contribution is 2.37. The third-order valence-electron chi connectivity index (χ3n) is 3.70. The first-order valence-corrected chi connectivity index (χ1v) is 6.73. The highest BCUT2D eigenvalue weighted by Gasteiger charge is 2.26. The van der Waals surface area contributed by atoms with Crippen LogP contribution in [0.4, 0.5) is 5.69 Å². The first kappa shape index (κ1) is 12.4. The summed E-state index contributed by atoms with van der Waals surface area (Å²) in [6.07, 6.45) is 2.18. The minimum Gasteiger partial charge on any atom is -0.368 e. The monoisotopic (exact) mass is 232 g/mol. The number of nitrogens with two attached hydrogens (primary N) is 1. The Balaban J connectivity index is 2.26. The summed E-state index contributed by atoms with van der Waals surface area (Å²) in [7, 11) is 0. The van der Waals surface area contributed by atoms with Crippen molar-refractivity contribution in [2.45, 2.75) is 45.6 Å². The molecule has 0 saturated heterocycles. The van der Waals surface area contributed by atoms with E-state index in [1.165, 1.54) is 16.8 Å². The van der Waals surface area contributed by atoms with Gasteiger partial charge in [0.15, 0.2) is 0 Å². The fourth-order valence-electron chi connectivity index (χ4n) is 2.70. The number of aryl methyl sites for hydroxylation is 1. The van der Waals surface area contributed by atoms with Crippen LogP contribution in [0, 0.1) is 0 Å². The van der Waals surface area contributed by atoms with Crippen molar-refractivity contribution in [3.8, 4) is 0 Å². The molecule has 0 spiro atoms. The molecule has 17 heavy (non-hydrogen) atoms. The maximum absolute atomic E-state index is 5.58. The van der Waals surface area contributed by atoms with Gasteiger partial charge in [-0.3, -0.25) is 0 Å². The Morgan fingerprint density at radius 2 is 2.18 bits per heavy atom. The van der Waals surface area contributed by atoms with E-state index >= 15 is 0 Å².